The molecule has 33 heavy (non-hydrogen) atoms. The monoisotopic (exact) mass is 441 g/mol. The van der Waals surface area contributed by atoms with E-state index in [4.69, 9.17) is 0 Å². The van der Waals surface area contributed by atoms with Gasteiger partial charge in [-0.15, -0.1) is 5.10 Å². The minimum atomic E-state index is -0.234. The van der Waals surface area contributed by atoms with Crippen molar-refractivity contribution in [3.05, 3.63) is 66.1 Å². The third-order valence-electron chi connectivity index (χ3n) is 7.42. The van der Waals surface area contributed by atoms with Gasteiger partial charge in [0.15, 0.2) is 0 Å². The van der Waals surface area contributed by atoms with E-state index in [0.717, 1.165) is 35.6 Å². The van der Waals surface area contributed by atoms with E-state index >= 15 is 0 Å². The lowest BCUT2D eigenvalue weighted by Crippen LogP contribution is -2.55. The Morgan fingerprint density at radius 1 is 0.970 bits per heavy atom. The molecule has 3 aliphatic heterocycles. The van der Waals surface area contributed by atoms with Crippen molar-refractivity contribution in [2.45, 2.75) is 13.0 Å². The summed E-state index contributed by atoms with van der Waals surface area (Å²) in [5, 5.41) is 12.6. The summed E-state index contributed by atoms with van der Waals surface area (Å²) in [6, 6.07) is 15.3. The number of likely N-dealkylation sites (tertiary alicyclic amines) is 1. The molecule has 4 aromatic rings. The van der Waals surface area contributed by atoms with Crippen LogP contribution in [0.4, 0.5) is 10.1 Å². The average molecular weight is 442 g/mol. The van der Waals surface area contributed by atoms with E-state index < -0.39 is 0 Å². The topological polar surface area (TPSA) is 55.0 Å². The van der Waals surface area contributed by atoms with E-state index in [1.807, 2.05) is 4.68 Å². The van der Waals surface area contributed by atoms with Gasteiger partial charge in [0.1, 0.15) is 5.82 Å². The predicted octanol–water partition coefficient (Wildman–Crippen LogP) is 3.44. The molecule has 0 aliphatic carbocycles. The first kappa shape index (κ1) is 19.0. The fraction of sp³-hybridized carbons (Fsp3) is 0.320. The minimum absolute atomic E-state index is 0.234. The highest BCUT2D eigenvalue weighted by molar-refractivity contribution is 5.71. The maximum absolute atomic E-state index is 13.4. The number of fused-ring (bicyclic) bond motifs is 5. The lowest BCUT2D eigenvalue weighted by atomic mass is 9.79. The van der Waals surface area contributed by atoms with Crippen molar-refractivity contribution in [2.75, 3.05) is 38.1 Å². The van der Waals surface area contributed by atoms with E-state index in [1.54, 1.807) is 12.1 Å². The SMILES string of the molecule is CN1CC2(CCN(c3ccc4c(c3)Cn3cc(-c5ccc(F)cc5)cc3-c3nnnn3-4)C2)C1. The Balaban J connectivity index is 1.27. The third-order valence-corrected chi connectivity index (χ3v) is 7.42. The fourth-order valence-electron chi connectivity index (χ4n) is 5.94. The molecule has 8 heteroatoms. The van der Waals surface area contributed by atoms with E-state index in [0.29, 0.717) is 17.8 Å². The van der Waals surface area contributed by atoms with E-state index in [1.165, 1.54) is 42.9 Å². The van der Waals surface area contributed by atoms with Crippen LogP contribution in [0.25, 0.3) is 28.3 Å². The van der Waals surface area contributed by atoms with Crippen molar-refractivity contribution in [1.29, 1.82) is 0 Å². The molecule has 3 aliphatic rings. The second-order valence-electron chi connectivity index (χ2n) is 9.82. The van der Waals surface area contributed by atoms with Crippen LogP contribution < -0.4 is 4.90 Å². The number of rotatable bonds is 2. The molecule has 0 unspecified atom stereocenters. The lowest BCUT2D eigenvalue weighted by Gasteiger charge is -2.46. The molecule has 5 heterocycles. The molecule has 166 valence electrons. The molecule has 0 saturated carbocycles. The van der Waals surface area contributed by atoms with Crippen LogP contribution in [-0.2, 0) is 6.54 Å². The smallest absolute Gasteiger partial charge is 0.203 e. The molecule has 0 atom stereocenters. The second-order valence-corrected chi connectivity index (χ2v) is 9.82. The maximum Gasteiger partial charge on any atom is 0.203 e. The third kappa shape index (κ3) is 2.94. The van der Waals surface area contributed by atoms with Gasteiger partial charge in [0, 0.05) is 55.6 Å². The summed E-state index contributed by atoms with van der Waals surface area (Å²) in [4.78, 5) is 4.94. The van der Waals surface area contributed by atoms with E-state index in [9.17, 15) is 4.39 Å². The van der Waals surface area contributed by atoms with Gasteiger partial charge in [0.05, 0.1) is 11.4 Å². The summed E-state index contributed by atoms with van der Waals surface area (Å²) in [5.41, 5.74) is 6.88. The molecular weight excluding hydrogens is 417 g/mol. The van der Waals surface area contributed by atoms with Gasteiger partial charge in [0.25, 0.3) is 0 Å². The quantitative estimate of drug-likeness (QED) is 0.420. The highest BCUT2D eigenvalue weighted by atomic mass is 19.1. The molecule has 0 radical (unpaired) electrons. The Labute approximate surface area is 191 Å². The van der Waals surface area contributed by atoms with Crippen molar-refractivity contribution in [3.8, 4) is 28.3 Å². The first-order valence-corrected chi connectivity index (χ1v) is 11.4. The Bertz CT molecular complexity index is 1360. The zero-order valence-corrected chi connectivity index (χ0v) is 18.4. The van der Waals surface area contributed by atoms with Crippen LogP contribution in [0.2, 0.25) is 0 Å². The zero-order valence-electron chi connectivity index (χ0n) is 18.4. The molecule has 1 spiro atoms. The van der Waals surface area contributed by atoms with Gasteiger partial charge in [-0.2, -0.15) is 4.68 Å². The van der Waals surface area contributed by atoms with Gasteiger partial charge in [0.2, 0.25) is 5.82 Å². The van der Waals surface area contributed by atoms with E-state index in [-0.39, 0.29) is 5.82 Å². The molecule has 0 bridgehead atoms. The van der Waals surface area contributed by atoms with Crippen LogP contribution in [0.1, 0.15) is 12.0 Å². The van der Waals surface area contributed by atoms with Crippen molar-refractivity contribution in [2.24, 2.45) is 5.41 Å². The standard InChI is InChI=1S/C25H24FN7/c1-30-14-25(15-30)8-9-31(16-25)21-6-7-22-19(10-21)13-32-12-18(17-2-4-20(26)5-3-17)11-23(32)24-27-28-29-33(22)24/h2-7,10-12H,8-9,13-16H2,1H3. The van der Waals surface area contributed by atoms with Crippen molar-refractivity contribution < 1.29 is 4.39 Å². The van der Waals surface area contributed by atoms with Gasteiger partial charge < -0.3 is 14.4 Å². The van der Waals surface area contributed by atoms with Gasteiger partial charge in [-0.3, -0.25) is 0 Å². The highest BCUT2D eigenvalue weighted by Gasteiger charge is 2.46. The predicted molar refractivity (Wildman–Crippen MR) is 124 cm³/mol. The van der Waals surface area contributed by atoms with Gasteiger partial charge in [-0.05, 0) is 71.4 Å². The lowest BCUT2D eigenvalue weighted by molar-refractivity contribution is 0.0424. The summed E-state index contributed by atoms with van der Waals surface area (Å²) in [5.74, 6) is 0.481. The Kier molecular flexibility index (Phi) is 3.88. The molecule has 2 fully saturated rings. The summed E-state index contributed by atoms with van der Waals surface area (Å²) in [6.07, 6.45) is 3.37. The number of halogens is 1. The molecule has 2 aromatic heterocycles. The summed E-state index contributed by atoms with van der Waals surface area (Å²) >= 11 is 0. The number of hydrogen-bond donors (Lipinski definition) is 0. The first-order chi connectivity index (χ1) is 16.1. The molecule has 0 amide bonds. The Morgan fingerprint density at radius 2 is 1.82 bits per heavy atom. The highest BCUT2D eigenvalue weighted by Crippen LogP contribution is 2.41. The number of anilines is 1. The van der Waals surface area contributed by atoms with Crippen molar-refractivity contribution in [1.82, 2.24) is 29.7 Å². The number of aromatic nitrogens is 5. The van der Waals surface area contributed by atoms with Gasteiger partial charge >= 0.3 is 0 Å². The second kappa shape index (κ2) is 6.74. The largest absolute Gasteiger partial charge is 0.371 e. The van der Waals surface area contributed by atoms with Crippen LogP contribution in [0.5, 0.6) is 0 Å². The molecule has 0 N–H and O–H groups in total. The molecule has 7 rings (SSSR count). The number of benzene rings is 2. The summed E-state index contributed by atoms with van der Waals surface area (Å²) in [7, 11) is 2.20. The number of hydrogen-bond acceptors (Lipinski definition) is 5. The van der Waals surface area contributed by atoms with Crippen LogP contribution in [0.15, 0.2) is 54.7 Å². The van der Waals surface area contributed by atoms with Crippen LogP contribution in [0, 0.1) is 11.2 Å². The molecule has 2 saturated heterocycles. The summed E-state index contributed by atoms with van der Waals surface area (Å²) in [6.45, 7) is 5.33. The van der Waals surface area contributed by atoms with Crippen LogP contribution >= 0.6 is 0 Å². The molecule has 7 nitrogen and oxygen atoms in total. The Hall–Kier alpha value is -3.52. The zero-order chi connectivity index (χ0) is 22.2. The van der Waals surface area contributed by atoms with Crippen LogP contribution in [0.3, 0.4) is 0 Å². The first-order valence-electron chi connectivity index (χ1n) is 11.4. The van der Waals surface area contributed by atoms with Gasteiger partial charge in [-0.25, -0.2) is 4.39 Å². The fourth-order valence-corrected chi connectivity index (χ4v) is 5.94. The van der Waals surface area contributed by atoms with Gasteiger partial charge in [-0.1, -0.05) is 12.1 Å². The van der Waals surface area contributed by atoms with E-state index in [2.05, 4.69) is 67.4 Å². The molecule has 2 aromatic carbocycles. The number of nitrogens with zero attached hydrogens (tertiary/aromatic N) is 7. The minimum Gasteiger partial charge on any atom is -0.371 e. The normalized spacial score (nSPS) is 18.5. The van der Waals surface area contributed by atoms with Crippen molar-refractivity contribution >= 4 is 5.69 Å². The summed E-state index contributed by atoms with van der Waals surface area (Å²) < 4.78 is 17.5. The maximum atomic E-state index is 13.4. The van der Waals surface area contributed by atoms with Crippen LogP contribution in [-0.4, -0.2) is 62.9 Å². The Morgan fingerprint density at radius 3 is 2.64 bits per heavy atom. The number of tetrazole rings is 1. The molecular formula is C25H24FN7. The van der Waals surface area contributed by atoms with Crippen molar-refractivity contribution in [3.63, 3.8) is 0 Å². The average Bonchev–Trinajstić information content (AvgIpc) is 3.51.